The van der Waals surface area contributed by atoms with Crippen LogP contribution in [0.15, 0.2) is 78.9 Å². The van der Waals surface area contributed by atoms with E-state index in [-0.39, 0.29) is 0 Å². The van der Waals surface area contributed by atoms with Crippen LogP contribution in [0.1, 0.15) is 11.1 Å². The normalized spacial score (nSPS) is 10.8. The molecule has 0 fully saturated rings. The Morgan fingerprint density at radius 3 is 2.09 bits per heavy atom. The SMILES string of the molecule is COc1ccc(/C=C/c2ccccc2-c2ccccc2)cc1. The summed E-state index contributed by atoms with van der Waals surface area (Å²) in [4.78, 5) is 0. The first-order chi connectivity index (χ1) is 10.9. The molecule has 0 N–H and O–H groups in total. The Morgan fingerprint density at radius 1 is 0.682 bits per heavy atom. The van der Waals surface area contributed by atoms with Gasteiger partial charge in [-0.3, -0.25) is 0 Å². The molecule has 3 aromatic carbocycles. The van der Waals surface area contributed by atoms with E-state index in [1.807, 2.05) is 18.2 Å². The highest BCUT2D eigenvalue weighted by atomic mass is 16.5. The summed E-state index contributed by atoms with van der Waals surface area (Å²) in [6.45, 7) is 0. The quantitative estimate of drug-likeness (QED) is 0.573. The van der Waals surface area contributed by atoms with E-state index in [1.165, 1.54) is 16.7 Å². The second kappa shape index (κ2) is 6.77. The average Bonchev–Trinajstić information content (AvgIpc) is 2.61. The largest absolute Gasteiger partial charge is 0.497 e. The zero-order valence-corrected chi connectivity index (χ0v) is 12.6. The van der Waals surface area contributed by atoms with Crippen LogP contribution in [0.25, 0.3) is 23.3 Å². The van der Waals surface area contributed by atoms with Gasteiger partial charge in [0.05, 0.1) is 7.11 Å². The van der Waals surface area contributed by atoms with Crippen LogP contribution < -0.4 is 4.74 Å². The Hall–Kier alpha value is -2.80. The summed E-state index contributed by atoms with van der Waals surface area (Å²) in [7, 11) is 1.68. The van der Waals surface area contributed by atoms with Crippen LogP contribution in [0.4, 0.5) is 0 Å². The summed E-state index contributed by atoms with van der Waals surface area (Å²) < 4.78 is 5.18. The molecule has 0 heterocycles. The molecule has 0 radical (unpaired) electrons. The number of hydrogen-bond acceptors (Lipinski definition) is 1. The third-order valence-electron chi connectivity index (χ3n) is 3.62. The van der Waals surface area contributed by atoms with Gasteiger partial charge in [-0.05, 0) is 34.4 Å². The summed E-state index contributed by atoms with van der Waals surface area (Å²) in [5, 5.41) is 0. The first kappa shape index (κ1) is 14.2. The Bertz CT molecular complexity index is 755. The molecule has 1 nitrogen and oxygen atoms in total. The van der Waals surface area contributed by atoms with Crippen LogP contribution in [0.3, 0.4) is 0 Å². The van der Waals surface area contributed by atoms with Crippen molar-refractivity contribution in [3.05, 3.63) is 90.0 Å². The van der Waals surface area contributed by atoms with Crippen molar-refractivity contribution >= 4 is 12.2 Å². The number of rotatable bonds is 4. The summed E-state index contributed by atoms with van der Waals surface area (Å²) in [5.41, 5.74) is 4.85. The number of hydrogen-bond donors (Lipinski definition) is 0. The second-order valence-corrected chi connectivity index (χ2v) is 5.06. The third-order valence-corrected chi connectivity index (χ3v) is 3.62. The van der Waals surface area contributed by atoms with Crippen LogP contribution in [0.5, 0.6) is 5.75 Å². The number of benzene rings is 3. The minimum atomic E-state index is 0.877. The maximum atomic E-state index is 5.18. The fourth-order valence-corrected chi connectivity index (χ4v) is 2.42. The molecule has 3 rings (SSSR count). The number of ether oxygens (including phenoxy) is 1. The van der Waals surface area contributed by atoms with Gasteiger partial charge in [0.2, 0.25) is 0 Å². The van der Waals surface area contributed by atoms with Gasteiger partial charge in [-0.2, -0.15) is 0 Å². The fourth-order valence-electron chi connectivity index (χ4n) is 2.42. The molecule has 0 atom stereocenters. The van der Waals surface area contributed by atoms with Crippen molar-refractivity contribution < 1.29 is 4.74 Å². The van der Waals surface area contributed by atoms with E-state index < -0.39 is 0 Å². The molecule has 0 saturated heterocycles. The van der Waals surface area contributed by atoms with Crippen LogP contribution >= 0.6 is 0 Å². The van der Waals surface area contributed by atoms with Crippen molar-refractivity contribution in [1.29, 1.82) is 0 Å². The van der Waals surface area contributed by atoms with E-state index in [1.54, 1.807) is 7.11 Å². The third kappa shape index (κ3) is 3.26. The van der Waals surface area contributed by atoms with Gasteiger partial charge in [0.1, 0.15) is 5.75 Å². The lowest BCUT2D eigenvalue weighted by Crippen LogP contribution is -1.83. The molecule has 0 bridgehead atoms. The molecule has 3 aromatic rings. The first-order valence-corrected chi connectivity index (χ1v) is 7.33. The van der Waals surface area contributed by atoms with Crippen molar-refractivity contribution in [2.45, 2.75) is 0 Å². The second-order valence-electron chi connectivity index (χ2n) is 5.06. The molecular formula is C21H18O. The summed E-state index contributed by atoms with van der Waals surface area (Å²) in [6, 6.07) is 27.0. The minimum Gasteiger partial charge on any atom is -0.497 e. The van der Waals surface area contributed by atoms with Gasteiger partial charge in [-0.1, -0.05) is 78.9 Å². The highest BCUT2D eigenvalue weighted by molar-refractivity contribution is 5.80. The van der Waals surface area contributed by atoms with Gasteiger partial charge < -0.3 is 4.74 Å². The maximum absolute atomic E-state index is 5.18. The maximum Gasteiger partial charge on any atom is 0.118 e. The van der Waals surface area contributed by atoms with Gasteiger partial charge in [0.15, 0.2) is 0 Å². The molecule has 108 valence electrons. The van der Waals surface area contributed by atoms with Crippen LogP contribution in [0.2, 0.25) is 0 Å². The minimum absolute atomic E-state index is 0.877. The monoisotopic (exact) mass is 286 g/mol. The average molecular weight is 286 g/mol. The summed E-state index contributed by atoms with van der Waals surface area (Å²) in [5.74, 6) is 0.877. The molecule has 0 amide bonds. The van der Waals surface area contributed by atoms with Gasteiger partial charge >= 0.3 is 0 Å². The van der Waals surface area contributed by atoms with E-state index >= 15 is 0 Å². The Morgan fingerprint density at radius 2 is 1.36 bits per heavy atom. The molecule has 0 spiro atoms. The molecule has 0 unspecified atom stereocenters. The van der Waals surface area contributed by atoms with E-state index in [0.717, 1.165) is 11.3 Å². The Balaban J connectivity index is 1.90. The summed E-state index contributed by atoms with van der Waals surface area (Å²) >= 11 is 0. The summed E-state index contributed by atoms with van der Waals surface area (Å²) in [6.07, 6.45) is 4.28. The predicted octanol–water partition coefficient (Wildman–Crippen LogP) is 5.53. The van der Waals surface area contributed by atoms with Crippen LogP contribution in [-0.4, -0.2) is 7.11 Å². The molecular weight excluding hydrogens is 268 g/mol. The van der Waals surface area contributed by atoms with Gasteiger partial charge in [0, 0.05) is 0 Å². The van der Waals surface area contributed by atoms with Crippen molar-refractivity contribution in [2.24, 2.45) is 0 Å². The first-order valence-electron chi connectivity index (χ1n) is 7.33. The van der Waals surface area contributed by atoms with Crippen LogP contribution in [0, 0.1) is 0 Å². The lowest BCUT2D eigenvalue weighted by Gasteiger charge is -2.06. The van der Waals surface area contributed by atoms with Gasteiger partial charge in [-0.15, -0.1) is 0 Å². The van der Waals surface area contributed by atoms with E-state index in [4.69, 9.17) is 4.74 Å². The fraction of sp³-hybridized carbons (Fsp3) is 0.0476. The van der Waals surface area contributed by atoms with Crippen molar-refractivity contribution in [2.75, 3.05) is 7.11 Å². The molecule has 0 aromatic heterocycles. The molecule has 0 aliphatic rings. The molecule has 0 saturated carbocycles. The molecule has 0 aliphatic heterocycles. The van der Waals surface area contributed by atoms with E-state index in [0.29, 0.717) is 0 Å². The van der Waals surface area contributed by atoms with Gasteiger partial charge in [0.25, 0.3) is 0 Å². The molecule has 1 heteroatoms. The van der Waals surface area contributed by atoms with Crippen molar-refractivity contribution in [3.63, 3.8) is 0 Å². The molecule has 0 aliphatic carbocycles. The van der Waals surface area contributed by atoms with Gasteiger partial charge in [-0.25, -0.2) is 0 Å². The topological polar surface area (TPSA) is 9.23 Å². The lowest BCUT2D eigenvalue weighted by molar-refractivity contribution is 0.415. The highest BCUT2D eigenvalue weighted by Crippen LogP contribution is 2.25. The smallest absolute Gasteiger partial charge is 0.118 e. The Labute approximate surface area is 131 Å². The van der Waals surface area contributed by atoms with E-state index in [2.05, 4.69) is 72.8 Å². The van der Waals surface area contributed by atoms with Crippen molar-refractivity contribution in [3.8, 4) is 16.9 Å². The van der Waals surface area contributed by atoms with Crippen LogP contribution in [-0.2, 0) is 0 Å². The highest BCUT2D eigenvalue weighted by Gasteiger charge is 2.01. The molecule has 22 heavy (non-hydrogen) atoms. The zero-order valence-electron chi connectivity index (χ0n) is 12.6. The number of methoxy groups -OCH3 is 1. The Kier molecular flexibility index (Phi) is 4.35. The standard InChI is InChI=1S/C21H18O/c1-22-20-15-12-17(13-16-20)11-14-19-9-5-6-10-21(19)18-7-3-2-4-8-18/h2-16H,1H3/b14-11+. The predicted molar refractivity (Wildman–Crippen MR) is 93.8 cm³/mol. The van der Waals surface area contributed by atoms with E-state index in [9.17, 15) is 0 Å². The lowest BCUT2D eigenvalue weighted by atomic mass is 9.99. The van der Waals surface area contributed by atoms with Crippen molar-refractivity contribution in [1.82, 2.24) is 0 Å². The zero-order chi connectivity index (χ0) is 15.2.